The zero-order valence-electron chi connectivity index (χ0n) is 17.3. The van der Waals surface area contributed by atoms with Crippen LogP contribution in [0.2, 0.25) is 0 Å². The van der Waals surface area contributed by atoms with Gasteiger partial charge in [-0.05, 0) is 53.1 Å². The number of amides is 1. The monoisotopic (exact) mass is 362 g/mol. The number of piperidine rings is 1. The normalized spacial score (nSPS) is 16.7. The summed E-state index contributed by atoms with van der Waals surface area (Å²) in [5.74, 6) is 1.15. The first-order valence-corrected chi connectivity index (χ1v) is 9.50. The Hall–Kier alpha value is -1.69. The molecular formula is C20H34N4O2. The number of aryl methyl sites for hydroxylation is 1. The van der Waals surface area contributed by atoms with Gasteiger partial charge in [-0.1, -0.05) is 13.8 Å². The molecule has 1 amide bonds. The number of carbonyl (C=O) groups is 1. The van der Waals surface area contributed by atoms with Crippen LogP contribution in [0.4, 0.5) is 4.79 Å². The zero-order chi connectivity index (χ0) is 19.5. The highest BCUT2D eigenvalue weighted by molar-refractivity contribution is 5.68. The van der Waals surface area contributed by atoms with Crippen molar-refractivity contribution in [3.8, 4) is 0 Å². The average molecular weight is 363 g/mol. The minimum absolute atomic E-state index is 0.0416. The zero-order valence-corrected chi connectivity index (χ0v) is 17.3. The summed E-state index contributed by atoms with van der Waals surface area (Å²) in [5.41, 5.74) is 1.84. The predicted octanol–water partition coefficient (Wildman–Crippen LogP) is 3.40. The molecule has 0 radical (unpaired) electrons. The van der Waals surface area contributed by atoms with Crippen molar-refractivity contribution in [1.82, 2.24) is 20.2 Å². The summed E-state index contributed by atoms with van der Waals surface area (Å²) in [7, 11) is 1.97. The second kappa shape index (κ2) is 7.91. The van der Waals surface area contributed by atoms with Crippen LogP contribution in [0.3, 0.4) is 0 Å². The van der Waals surface area contributed by atoms with Crippen molar-refractivity contribution in [2.24, 2.45) is 0 Å². The fourth-order valence-corrected chi connectivity index (χ4v) is 3.52. The molecule has 26 heavy (non-hydrogen) atoms. The third-order valence-corrected chi connectivity index (χ3v) is 4.82. The molecule has 2 heterocycles. The Balaban J connectivity index is 2.14. The number of aromatic nitrogens is 2. The number of likely N-dealkylation sites (N-methyl/N-ethyl adjacent to an activating group) is 1. The molecule has 6 heteroatoms. The summed E-state index contributed by atoms with van der Waals surface area (Å²) in [6.07, 6.45) is 3.57. The van der Waals surface area contributed by atoms with Crippen LogP contribution in [-0.4, -0.2) is 53.2 Å². The molecule has 1 N–H and O–H groups in total. The van der Waals surface area contributed by atoms with Gasteiger partial charge in [-0.3, -0.25) is 0 Å². The van der Waals surface area contributed by atoms with Crippen LogP contribution in [-0.2, 0) is 10.2 Å². The molecule has 0 aromatic carbocycles. The Morgan fingerprint density at radius 2 is 1.88 bits per heavy atom. The number of likely N-dealkylation sites (tertiary alicyclic amines) is 1. The molecule has 1 fully saturated rings. The van der Waals surface area contributed by atoms with E-state index in [1.165, 1.54) is 5.56 Å². The summed E-state index contributed by atoms with van der Waals surface area (Å²) >= 11 is 0. The molecule has 1 aromatic heterocycles. The highest BCUT2D eigenvalue weighted by Gasteiger charge is 2.32. The quantitative estimate of drug-likeness (QED) is 0.889. The molecule has 0 unspecified atom stereocenters. The smallest absolute Gasteiger partial charge is 0.410 e. The molecule has 6 nitrogen and oxygen atoms in total. The molecule has 2 rings (SSSR count). The Bertz CT molecular complexity index is 629. The first kappa shape index (κ1) is 20.6. The van der Waals surface area contributed by atoms with Crippen molar-refractivity contribution in [3.05, 3.63) is 23.3 Å². The van der Waals surface area contributed by atoms with Crippen LogP contribution in [0.15, 0.2) is 6.20 Å². The molecular weight excluding hydrogens is 328 g/mol. The van der Waals surface area contributed by atoms with Gasteiger partial charge in [-0.25, -0.2) is 14.8 Å². The molecule has 146 valence electrons. The van der Waals surface area contributed by atoms with Gasteiger partial charge in [-0.15, -0.1) is 0 Å². The lowest BCUT2D eigenvalue weighted by atomic mass is 9.79. The maximum atomic E-state index is 12.3. The van der Waals surface area contributed by atoms with Gasteiger partial charge in [0.15, 0.2) is 0 Å². The van der Waals surface area contributed by atoms with E-state index in [4.69, 9.17) is 9.72 Å². The lowest BCUT2D eigenvalue weighted by Gasteiger charge is -2.35. The fraction of sp³-hybridized carbons (Fsp3) is 0.750. The number of nitrogens with one attached hydrogen (secondary N) is 1. The number of hydrogen-bond donors (Lipinski definition) is 1. The standard InChI is InChI=1S/C20H34N4O2/c1-14-22-12-16(20(5,6)13-21-7)17(23-14)15-8-10-24(11-9-15)18(25)26-19(2,3)4/h12,15,21H,8-11,13H2,1-7H3. The lowest BCUT2D eigenvalue weighted by molar-refractivity contribution is 0.0203. The van der Waals surface area contributed by atoms with Crippen molar-refractivity contribution < 1.29 is 9.53 Å². The topological polar surface area (TPSA) is 67.4 Å². The molecule has 1 aliphatic rings. The molecule has 1 aliphatic heterocycles. The molecule has 0 bridgehead atoms. The molecule has 0 aliphatic carbocycles. The highest BCUT2D eigenvalue weighted by Crippen LogP contribution is 2.34. The summed E-state index contributed by atoms with van der Waals surface area (Å²) < 4.78 is 5.50. The number of hydrogen-bond acceptors (Lipinski definition) is 5. The first-order chi connectivity index (χ1) is 12.0. The van der Waals surface area contributed by atoms with E-state index < -0.39 is 5.60 Å². The second-order valence-corrected chi connectivity index (χ2v) is 8.87. The average Bonchev–Trinajstić information content (AvgIpc) is 2.53. The van der Waals surface area contributed by atoms with Gasteiger partial charge in [0.05, 0.1) is 5.69 Å². The van der Waals surface area contributed by atoms with E-state index in [-0.39, 0.29) is 11.5 Å². The Morgan fingerprint density at radius 1 is 1.27 bits per heavy atom. The predicted molar refractivity (Wildman–Crippen MR) is 104 cm³/mol. The van der Waals surface area contributed by atoms with Crippen LogP contribution in [0.5, 0.6) is 0 Å². The SMILES string of the molecule is CNCC(C)(C)c1cnc(C)nc1C1CCN(C(=O)OC(C)(C)C)CC1. The van der Waals surface area contributed by atoms with Crippen LogP contribution in [0, 0.1) is 6.92 Å². The van der Waals surface area contributed by atoms with Crippen molar-refractivity contribution in [2.75, 3.05) is 26.7 Å². The highest BCUT2D eigenvalue weighted by atomic mass is 16.6. The van der Waals surface area contributed by atoms with Gasteiger partial charge in [0, 0.05) is 37.2 Å². The van der Waals surface area contributed by atoms with E-state index >= 15 is 0 Å². The van der Waals surface area contributed by atoms with Crippen molar-refractivity contribution in [1.29, 1.82) is 0 Å². The van der Waals surface area contributed by atoms with Crippen LogP contribution in [0.25, 0.3) is 0 Å². The molecule has 0 spiro atoms. The summed E-state index contributed by atoms with van der Waals surface area (Å²) in [6, 6.07) is 0. The minimum Gasteiger partial charge on any atom is -0.444 e. The van der Waals surface area contributed by atoms with Crippen molar-refractivity contribution >= 4 is 6.09 Å². The van der Waals surface area contributed by atoms with Gasteiger partial charge in [0.2, 0.25) is 0 Å². The third kappa shape index (κ3) is 5.16. The maximum Gasteiger partial charge on any atom is 0.410 e. The lowest BCUT2D eigenvalue weighted by Crippen LogP contribution is -2.42. The number of rotatable bonds is 4. The Kier molecular flexibility index (Phi) is 6.27. The number of carbonyl (C=O) groups excluding carboxylic acids is 1. The fourth-order valence-electron chi connectivity index (χ4n) is 3.52. The summed E-state index contributed by atoms with van der Waals surface area (Å²) in [4.78, 5) is 23.4. The molecule has 0 saturated carbocycles. The maximum absolute atomic E-state index is 12.3. The van der Waals surface area contributed by atoms with E-state index in [0.29, 0.717) is 19.0 Å². The molecule has 0 atom stereocenters. The van der Waals surface area contributed by atoms with Gasteiger partial charge in [0.25, 0.3) is 0 Å². The van der Waals surface area contributed by atoms with Crippen molar-refractivity contribution in [3.63, 3.8) is 0 Å². The number of nitrogens with zero attached hydrogens (tertiary/aromatic N) is 3. The van der Waals surface area contributed by atoms with Gasteiger partial charge in [0.1, 0.15) is 11.4 Å². The Labute approximate surface area is 157 Å². The van der Waals surface area contributed by atoms with E-state index in [1.54, 1.807) is 0 Å². The molecule has 1 aromatic rings. The largest absolute Gasteiger partial charge is 0.444 e. The second-order valence-electron chi connectivity index (χ2n) is 8.87. The van der Waals surface area contributed by atoms with Gasteiger partial charge < -0.3 is 15.0 Å². The molecule has 1 saturated heterocycles. The minimum atomic E-state index is -0.456. The van der Waals surface area contributed by atoms with Crippen molar-refractivity contribution in [2.45, 2.75) is 71.3 Å². The first-order valence-electron chi connectivity index (χ1n) is 9.50. The van der Waals surface area contributed by atoms with Crippen LogP contribution < -0.4 is 5.32 Å². The van der Waals surface area contributed by atoms with E-state index in [9.17, 15) is 4.79 Å². The Morgan fingerprint density at radius 3 is 2.42 bits per heavy atom. The summed E-state index contributed by atoms with van der Waals surface area (Å²) in [5, 5.41) is 3.27. The van der Waals surface area contributed by atoms with E-state index in [2.05, 4.69) is 24.1 Å². The number of ether oxygens (including phenoxy) is 1. The van der Waals surface area contributed by atoms with E-state index in [0.717, 1.165) is 30.9 Å². The van der Waals surface area contributed by atoms with E-state index in [1.807, 2.05) is 45.8 Å². The van der Waals surface area contributed by atoms with Gasteiger partial charge >= 0.3 is 6.09 Å². The third-order valence-electron chi connectivity index (χ3n) is 4.82. The van der Waals surface area contributed by atoms with Crippen LogP contribution in [0.1, 0.15) is 70.5 Å². The van der Waals surface area contributed by atoms with Crippen LogP contribution >= 0.6 is 0 Å². The summed E-state index contributed by atoms with van der Waals surface area (Å²) in [6.45, 7) is 14.3. The van der Waals surface area contributed by atoms with Gasteiger partial charge in [-0.2, -0.15) is 0 Å².